The maximum atomic E-state index is 12.7. The van der Waals surface area contributed by atoms with Crippen molar-refractivity contribution in [3.8, 4) is 11.5 Å². The molecule has 3 aromatic rings. The van der Waals surface area contributed by atoms with E-state index in [1.807, 2.05) is 6.07 Å². The van der Waals surface area contributed by atoms with Crippen molar-refractivity contribution in [3.63, 3.8) is 0 Å². The van der Waals surface area contributed by atoms with E-state index in [0.717, 1.165) is 9.86 Å². The van der Waals surface area contributed by atoms with Crippen LogP contribution < -0.4 is 8.92 Å². The molecule has 0 aliphatic rings. The third kappa shape index (κ3) is 3.51. The summed E-state index contributed by atoms with van der Waals surface area (Å²) in [5.74, 6) is 0.753. The Bertz CT molecular complexity index is 1070. The lowest BCUT2D eigenvalue weighted by atomic mass is 10.2. The molecule has 1 aromatic heterocycles. The Morgan fingerprint density at radius 3 is 2.52 bits per heavy atom. The number of benzene rings is 2. The molecule has 0 amide bonds. The number of aromatic nitrogens is 1. The van der Waals surface area contributed by atoms with Gasteiger partial charge in [0.2, 0.25) is 0 Å². The molecule has 0 spiro atoms. The molecular formula is C17H13Br2NO4S. The van der Waals surface area contributed by atoms with Crippen LogP contribution in [0.4, 0.5) is 0 Å². The third-order valence-corrected chi connectivity index (χ3v) is 6.06. The number of aryl methyl sites for hydroxylation is 1. The quantitative estimate of drug-likeness (QED) is 0.493. The monoisotopic (exact) mass is 485 g/mol. The summed E-state index contributed by atoms with van der Waals surface area (Å²) in [6.45, 7) is 1.77. The van der Waals surface area contributed by atoms with Gasteiger partial charge in [0.15, 0.2) is 5.75 Å². The summed E-state index contributed by atoms with van der Waals surface area (Å²) in [6, 6.07) is 9.88. The first kappa shape index (κ1) is 18.2. The van der Waals surface area contributed by atoms with E-state index in [1.54, 1.807) is 31.3 Å². The summed E-state index contributed by atoms with van der Waals surface area (Å²) in [5.41, 5.74) is 1.14. The van der Waals surface area contributed by atoms with Crippen LogP contribution in [0.1, 0.15) is 5.56 Å². The van der Waals surface area contributed by atoms with Gasteiger partial charge in [0.05, 0.1) is 11.6 Å². The highest BCUT2D eigenvalue weighted by Gasteiger charge is 2.22. The van der Waals surface area contributed by atoms with Crippen LogP contribution >= 0.6 is 31.9 Å². The Kier molecular flexibility index (Phi) is 5.04. The Hall–Kier alpha value is -1.64. The Morgan fingerprint density at radius 1 is 1.08 bits per heavy atom. The molecule has 0 saturated heterocycles. The number of nitrogens with zero attached hydrogens (tertiary/aromatic N) is 1. The van der Waals surface area contributed by atoms with E-state index in [2.05, 4.69) is 36.8 Å². The van der Waals surface area contributed by atoms with Gasteiger partial charge in [0.25, 0.3) is 0 Å². The lowest BCUT2D eigenvalue weighted by molar-refractivity contribution is 0.411. The van der Waals surface area contributed by atoms with Gasteiger partial charge in [-0.2, -0.15) is 8.42 Å². The maximum absolute atomic E-state index is 12.7. The van der Waals surface area contributed by atoms with Crippen molar-refractivity contribution in [3.05, 3.63) is 57.1 Å². The van der Waals surface area contributed by atoms with E-state index in [9.17, 15) is 8.42 Å². The molecule has 3 rings (SSSR count). The maximum Gasteiger partial charge on any atom is 0.339 e. The van der Waals surface area contributed by atoms with E-state index in [0.29, 0.717) is 21.3 Å². The molecule has 0 fully saturated rings. The molecule has 0 bridgehead atoms. The zero-order valence-electron chi connectivity index (χ0n) is 13.3. The largest absolute Gasteiger partial charge is 0.496 e. The molecule has 1 heterocycles. The second kappa shape index (κ2) is 6.93. The second-order valence-electron chi connectivity index (χ2n) is 5.24. The van der Waals surface area contributed by atoms with Crippen molar-refractivity contribution >= 4 is 52.9 Å². The van der Waals surface area contributed by atoms with Gasteiger partial charge in [-0.15, -0.1) is 0 Å². The summed E-state index contributed by atoms with van der Waals surface area (Å²) in [6.07, 6.45) is 1.58. The van der Waals surface area contributed by atoms with Gasteiger partial charge in [0.1, 0.15) is 16.2 Å². The van der Waals surface area contributed by atoms with Crippen LogP contribution in [0.25, 0.3) is 10.9 Å². The van der Waals surface area contributed by atoms with Crippen LogP contribution in [0.5, 0.6) is 11.5 Å². The molecular weight excluding hydrogens is 474 g/mol. The summed E-state index contributed by atoms with van der Waals surface area (Å²) in [7, 11) is -2.50. The molecule has 0 aliphatic heterocycles. The number of methoxy groups -OCH3 is 1. The van der Waals surface area contributed by atoms with Crippen molar-refractivity contribution < 1.29 is 17.3 Å². The number of rotatable bonds is 4. The predicted molar refractivity (Wildman–Crippen MR) is 103 cm³/mol. The number of halogens is 2. The molecule has 0 atom stereocenters. The van der Waals surface area contributed by atoms with E-state index < -0.39 is 10.1 Å². The summed E-state index contributed by atoms with van der Waals surface area (Å²) in [4.78, 5) is 4.30. The zero-order chi connectivity index (χ0) is 18.2. The molecule has 8 heteroatoms. The number of hydrogen-bond acceptors (Lipinski definition) is 5. The summed E-state index contributed by atoms with van der Waals surface area (Å²) >= 11 is 6.79. The smallest absolute Gasteiger partial charge is 0.339 e. The summed E-state index contributed by atoms with van der Waals surface area (Å²) in [5, 5.41) is 0.752. The lowest BCUT2D eigenvalue weighted by Crippen LogP contribution is -2.11. The van der Waals surface area contributed by atoms with Crippen LogP contribution in [0, 0.1) is 6.92 Å². The lowest BCUT2D eigenvalue weighted by Gasteiger charge is -2.13. The third-order valence-electron chi connectivity index (χ3n) is 3.60. The average molecular weight is 487 g/mol. The van der Waals surface area contributed by atoms with E-state index in [1.165, 1.54) is 19.2 Å². The van der Waals surface area contributed by atoms with Crippen LogP contribution in [0.15, 0.2) is 56.4 Å². The van der Waals surface area contributed by atoms with Gasteiger partial charge >= 0.3 is 10.1 Å². The van der Waals surface area contributed by atoms with Gasteiger partial charge in [-0.1, -0.05) is 22.0 Å². The van der Waals surface area contributed by atoms with Gasteiger partial charge < -0.3 is 8.92 Å². The predicted octanol–water partition coefficient (Wildman–Crippen LogP) is 4.84. The minimum Gasteiger partial charge on any atom is -0.496 e. The zero-order valence-corrected chi connectivity index (χ0v) is 17.3. The second-order valence-corrected chi connectivity index (χ2v) is 8.49. The molecule has 0 radical (unpaired) electrons. The highest BCUT2D eigenvalue weighted by atomic mass is 79.9. The van der Waals surface area contributed by atoms with Crippen LogP contribution in [-0.4, -0.2) is 20.5 Å². The SMILES string of the molecule is COc1ccc(S(=O)(=O)Oc2c(Br)cc(Br)c3cccnc23)cc1C. The Balaban J connectivity index is 2.10. The fourth-order valence-electron chi connectivity index (χ4n) is 2.39. The molecule has 2 aromatic carbocycles. The van der Waals surface area contributed by atoms with Gasteiger partial charge in [-0.05, 0) is 58.7 Å². The van der Waals surface area contributed by atoms with Crippen molar-refractivity contribution in [2.75, 3.05) is 7.11 Å². The summed E-state index contributed by atoms with van der Waals surface area (Å²) < 4.78 is 37.3. The first-order chi connectivity index (χ1) is 11.8. The first-order valence-corrected chi connectivity index (χ1v) is 10.1. The standard InChI is InChI=1S/C17H13Br2NO4S/c1-10-8-11(5-6-15(10)23-2)25(21,22)24-17-14(19)9-13(18)12-4-3-7-20-16(12)17/h3-9H,1-2H3. The van der Waals surface area contributed by atoms with E-state index in [-0.39, 0.29) is 10.6 Å². The van der Waals surface area contributed by atoms with Crippen LogP contribution in [0.2, 0.25) is 0 Å². The number of hydrogen-bond donors (Lipinski definition) is 0. The molecule has 0 aliphatic carbocycles. The van der Waals surface area contributed by atoms with Crippen molar-refractivity contribution in [2.45, 2.75) is 11.8 Å². The fraction of sp³-hybridized carbons (Fsp3) is 0.118. The number of fused-ring (bicyclic) bond motifs is 1. The average Bonchev–Trinajstić information content (AvgIpc) is 2.58. The minimum absolute atomic E-state index is 0.0460. The Morgan fingerprint density at radius 2 is 1.84 bits per heavy atom. The Labute approximate surface area is 162 Å². The molecule has 0 N–H and O–H groups in total. The van der Waals surface area contributed by atoms with Crippen molar-refractivity contribution in [1.29, 1.82) is 0 Å². The van der Waals surface area contributed by atoms with Gasteiger partial charge in [-0.3, -0.25) is 4.98 Å². The van der Waals surface area contributed by atoms with Crippen molar-refractivity contribution in [1.82, 2.24) is 4.98 Å². The first-order valence-electron chi connectivity index (χ1n) is 7.15. The molecule has 0 unspecified atom stereocenters. The molecule has 5 nitrogen and oxygen atoms in total. The number of ether oxygens (including phenoxy) is 1. The topological polar surface area (TPSA) is 65.5 Å². The molecule has 25 heavy (non-hydrogen) atoms. The van der Waals surface area contributed by atoms with E-state index in [4.69, 9.17) is 8.92 Å². The minimum atomic E-state index is -4.03. The fourth-order valence-corrected chi connectivity index (χ4v) is 4.89. The van der Waals surface area contributed by atoms with Gasteiger partial charge in [0, 0.05) is 16.1 Å². The normalized spacial score (nSPS) is 11.5. The number of pyridine rings is 1. The van der Waals surface area contributed by atoms with Crippen LogP contribution in [0.3, 0.4) is 0 Å². The highest BCUT2D eigenvalue weighted by Crippen LogP contribution is 2.38. The highest BCUT2D eigenvalue weighted by molar-refractivity contribution is 9.11. The van der Waals surface area contributed by atoms with Crippen LogP contribution in [-0.2, 0) is 10.1 Å². The molecule has 0 saturated carbocycles. The molecule has 130 valence electrons. The van der Waals surface area contributed by atoms with E-state index >= 15 is 0 Å². The van der Waals surface area contributed by atoms with Crippen molar-refractivity contribution in [2.24, 2.45) is 0 Å². The van der Waals surface area contributed by atoms with Gasteiger partial charge in [-0.25, -0.2) is 0 Å².